The van der Waals surface area contributed by atoms with Crippen LogP contribution in [-0.2, 0) is 6.42 Å². The van der Waals surface area contributed by atoms with Gasteiger partial charge in [0.1, 0.15) is 11.6 Å². The SMILES string of the molecule is CCCOc1cccc(-c2nc(CC)cc(NC)n2)c1. The van der Waals surface area contributed by atoms with Crippen molar-refractivity contribution in [2.75, 3.05) is 19.0 Å². The molecule has 0 aliphatic heterocycles. The molecular formula is C16H21N3O. The smallest absolute Gasteiger partial charge is 0.161 e. The lowest BCUT2D eigenvalue weighted by atomic mass is 10.2. The summed E-state index contributed by atoms with van der Waals surface area (Å²) in [4.78, 5) is 9.10. The second kappa shape index (κ2) is 6.89. The summed E-state index contributed by atoms with van der Waals surface area (Å²) in [5.41, 5.74) is 2.00. The molecule has 2 aromatic rings. The average Bonchev–Trinajstić information content (AvgIpc) is 2.52. The van der Waals surface area contributed by atoms with E-state index < -0.39 is 0 Å². The quantitative estimate of drug-likeness (QED) is 0.873. The van der Waals surface area contributed by atoms with Crippen LogP contribution in [-0.4, -0.2) is 23.6 Å². The van der Waals surface area contributed by atoms with Crippen LogP contribution in [0.1, 0.15) is 26.0 Å². The van der Waals surface area contributed by atoms with E-state index in [1.807, 2.05) is 37.4 Å². The van der Waals surface area contributed by atoms with Gasteiger partial charge in [-0.1, -0.05) is 26.0 Å². The van der Waals surface area contributed by atoms with E-state index in [1.54, 1.807) is 0 Å². The Kier molecular flexibility index (Phi) is 4.93. The summed E-state index contributed by atoms with van der Waals surface area (Å²) in [6.07, 6.45) is 1.88. The largest absolute Gasteiger partial charge is 0.494 e. The maximum absolute atomic E-state index is 5.66. The summed E-state index contributed by atoms with van der Waals surface area (Å²) >= 11 is 0. The molecule has 106 valence electrons. The first-order chi connectivity index (χ1) is 9.76. The molecule has 0 amide bonds. The zero-order chi connectivity index (χ0) is 14.4. The van der Waals surface area contributed by atoms with Crippen molar-refractivity contribution in [3.05, 3.63) is 36.0 Å². The van der Waals surface area contributed by atoms with Crippen molar-refractivity contribution in [1.29, 1.82) is 0 Å². The summed E-state index contributed by atoms with van der Waals surface area (Å²) in [5, 5.41) is 3.08. The first-order valence-electron chi connectivity index (χ1n) is 7.05. The Labute approximate surface area is 120 Å². The minimum absolute atomic E-state index is 0.723. The van der Waals surface area contributed by atoms with Crippen LogP contribution in [0.15, 0.2) is 30.3 Å². The second-order valence-corrected chi connectivity index (χ2v) is 4.55. The third-order valence-electron chi connectivity index (χ3n) is 2.96. The topological polar surface area (TPSA) is 47.0 Å². The second-order valence-electron chi connectivity index (χ2n) is 4.55. The number of benzene rings is 1. The van der Waals surface area contributed by atoms with Crippen molar-refractivity contribution in [1.82, 2.24) is 9.97 Å². The third-order valence-corrected chi connectivity index (χ3v) is 2.96. The van der Waals surface area contributed by atoms with Crippen LogP contribution in [0.25, 0.3) is 11.4 Å². The van der Waals surface area contributed by atoms with E-state index in [2.05, 4.69) is 29.1 Å². The van der Waals surface area contributed by atoms with Crippen molar-refractivity contribution in [3.8, 4) is 17.1 Å². The van der Waals surface area contributed by atoms with E-state index in [0.717, 1.165) is 48.1 Å². The first-order valence-corrected chi connectivity index (χ1v) is 7.05. The van der Waals surface area contributed by atoms with E-state index in [0.29, 0.717) is 0 Å². The summed E-state index contributed by atoms with van der Waals surface area (Å²) in [7, 11) is 1.87. The van der Waals surface area contributed by atoms with Gasteiger partial charge in [0.2, 0.25) is 0 Å². The molecule has 0 saturated carbocycles. The van der Waals surface area contributed by atoms with Crippen molar-refractivity contribution >= 4 is 5.82 Å². The minimum atomic E-state index is 0.723. The maximum atomic E-state index is 5.66. The molecule has 0 atom stereocenters. The highest BCUT2D eigenvalue weighted by atomic mass is 16.5. The Bertz CT molecular complexity index is 547. The van der Waals surface area contributed by atoms with Gasteiger partial charge in [-0.05, 0) is 25.0 Å². The molecule has 1 heterocycles. The fourth-order valence-corrected chi connectivity index (χ4v) is 1.88. The molecule has 0 saturated heterocycles. The summed E-state index contributed by atoms with van der Waals surface area (Å²) in [6.45, 7) is 4.91. The number of hydrogen-bond donors (Lipinski definition) is 1. The van der Waals surface area contributed by atoms with E-state index in [-0.39, 0.29) is 0 Å². The number of aromatic nitrogens is 2. The van der Waals surface area contributed by atoms with Crippen LogP contribution in [0.4, 0.5) is 5.82 Å². The molecular weight excluding hydrogens is 250 g/mol. The van der Waals surface area contributed by atoms with Crippen LogP contribution in [0, 0.1) is 0 Å². The van der Waals surface area contributed by atoms with E-state index >= 15 is 0 Å². The van der Waals surface area contributed by atoms with Crippen LogP contribution in [0.2, 0.25) is 0 Å². The monoisotopic (exact) mass is 271 g/mol. The highest BCUT2D eigenvalue weighted by Crippen LogP contribution is 2.23. The maximum Gasteiger partial charge on any atom is 0.161 e. The molecule has 0 fully saturated rings. The molecule has 0 spiro atoms. The van der Waals surface area contributed by atoms with Crippen LogP contribution >= 0.6 is 0 Å². The third kappa shape index (κ3) is 3.47. The zero-order valence-electron chi connectivity index (χ0n) is 12.3. The minimum Gasteiger partial charge on any atom is -0.494 e. The van der Waals surface area contributed by atoms with Gasteiger partial charge in [-0.15, -0.1) is 0 Å². The van der Waals surface area contributed by atoms with E-state index in [4.69, 9.17) is 4.74 Å². The number of ether oxygens (including phenoxy) is 1. The molecule has 20 heavy (non-hydrogen) atoms. The highest BCUT2D eigenvalue weighted by molar-refractivity contribution is 5.59. The van der Waals surface area contributed by atoms with Gasteiger partial charge in [0.15, 0.2) is 5.82 Å². The van der Waals surface area contributed by atoms with Crippen LogP contribution in [0.3, 0.4) is 0 Å². The lowest BCUT2D eigenvalue weighted by molar-refractivity contribution is 0.317. The predicted molar refractivity (Wildman–Crippen MR) is 82.2 cm³/mol. The Morgan fingerprint density at radius 3 is 2.70 bits per heavy atom. The van der Waals surface area contributed by atoms with Crippen LogP contribution < -0.4 is 10.1 Å². The van der Waals surface area contributed by atoms with Gasteiger partial charge in [0.05, 0.1) is 6.61 Å². The average molecular weight is 271 g/mol. The Hall–Kier alpha value is -2.10. The van der Waals surface area contributed by atoms with Crippen molar-refractivity contribution < 1.29 is 4.74 Å². The van der Waals surface area contributed by atoms with Crippen molar-refractivity contribution in [2.45, 2.75) is 26.7 Å². The molecule has 2 rings (SSSR count). The number of hydrogen-bond acceptors (Lipinski definition) is 4. The molecule has 1 aromatic carbocycles. The predicted octanol–water partition coefficient (Wildman–Crippen LogP) is 3.54. The lowest BCUT2D eigenvalue weighted by Crippen LogP contribution is -2.01. The first kappa shape index (κ1) is 14.3. The highest BCUT2D eigenvalue weighted by Gasteiger charge is 2.06. The molecule has 4 heteroatoms. The van der Waals surface area contributed by atoms with Gasteiger partial charge >= 0.3 is 0 Å². The molecule has 1 N–H and O–H groups in total. The summed E-state index contributed by atoms with van der Waals surface area (Å²) < 4.78 is 5.66. The van der Waals surface area contributed by atoms with Gasteiger partial charge in [0, 0.05) is 24.4 Å². The van der Waals surface area contributed by atoms with Gasteiger partial charge in [-0.2, -0.15) is 0 Å². The Morgan fingerprint density at radius 2 is 2.00 bits per heavy atom. The van der Waals surface area contributed by atoms with Crippen molar-refractivity contribution in [2.24, 2.45) is 0 Å². The number of rotatable bonds is 6. The molecule has 0 radical (unpaired) electrons. The van der Waals surface area contributed by atoms with Gasteiger partial charge in [-0.3, -0.25) is 0 Å². The number of aryl methyl sites for hydroxylation is 1. The van der Waals surface area contributed by atoms with Gasteiger partial charge < -0.3 is 10.1 Å². The van der Waals surface area contributed by atoms with E-state index in [1.165, 1.54) is 0 Å². The van der Waals surface area contributed by atoms with Crippen molar-refractivity contribution in [3.63, 3.8) is 0 Å². The standard InChI is InChI=1S/C16H21N3O/c1-4-9-20-14-8-6-7-12(10-14)16-18-13(5-2)11-15(17-3)19-16/h6-8,10-11H,4-5,9H2,1-3H3,(H,17,18,19). The fourth-order valence-electron chi connectivity index (χ4n) is 1.88. The molecule has 1 aromatic heterocycles. The molecule has 0 aliphatic carbocycles. The van der Waals surface area contributed by atoms with Gasteiger partial charge in [0.25, 0.3) is 0 Å². The van der Waals surface area contributed by atoms with E-state index in [9.17, 15) is 0 Å². The lowest BCUT2D eigenvalue weighted by Gasteiger charge is -2.09. The number of nitrogens with one attached hydrogen (secondary N) is 1. The molecule has 0 bridgehead atoms. The molecule has 0 unspecified atom stereocenters. The summed E-state index contributed by atoms with van der Waals surface area (Å²) in [6, 6.07) is 9.90. The van der Waals surface area contributed by atoms with Crippen LogP contribution in [0.5, 0.6) is 5.75 Å². The Morgan fingerprint density at radius 1 is 1.15 bits per heavy atom. The normalized spacial score (nSPS) is 10.3. The Balaban J connectivity index is 2.34. The molecule has 0 aliphatic rings. The zero-order valence-corrected chi connectivity index (χ0v) is 12.3. The number of nitrogens with zero attached hydrogens (tertiary/aromatic N) is 2. The molecule has 4 nitrogen and oxygen atoms in total. The number of anilines is 1. The summed E-state index contributed by atoms with van der Waals surface area (Å²) in [5.74, 6) is 2.43. The van der Waals surface area contributed by atoms with Gasteiger partial charge in [-0.25, -0.2) is 9.97 Å². The fraction of sp³-hybridized carbons (Fsp3) is 0.375.